The summed E-state index contributed by atoms with van der Waals surface area (Å²) in [6.07, 6.45) is 2.57. The van der Waals surface area contributed by atoms with Gasteiger partial charge in [0, 0.05) is 44.7 Å². The van der Waals surface area contributed by atoms with Crippen molar-refractivity contribution in [1.29, 1.82) is 0 Å². The molecule has 1 saturated carbocycles. The fourth-order valence-corrected chi connectivity index (χ4v) is 3.86. The topological polar surface area (TPSA) is 96.5 Å². The van der Waals surface area contributed by atoms with E-state index < -0.39 is 0 Å². The number of aromatic amines is 1. The molecule has 0 unspecified atom stereocenters. The normalized spacial score (nSPS) is 21.5. The number of rotatable bonds is 6. The third-order valence-corrected chi connectivity index (χ3v) is 5.80. The minimum atomic E-state index is -0.311. The number of hydrogen-bond donors (Lipinski definition) is 2. The van der Waals surface area contributed by atoms with Crippen LogP contribution in [0.5, 0.6) is 0 Å². The van der Waals surface area contributed by atoms with Gasteiger partial charge in [0.25, 0.3) is 0 Å². The Balaban J connectivity index is 1.21. The van der Waals surface area contributed by atoms with E-state index in [9.17, 15) is 9.59 Å². The van der Waals surface area contributed by atoms with Crippen LogP contribution in [0, 0.1) is 5.92 Å². The lowest BCUT2D eigenvalue weighted by molar-refractivity contribution is -0.122. The highest BCUT2D eigenvalue weighted by molar-refractivity contribution is 5.91. The summed E-state index contributed by atoms with van der Waals surface area (Å²) in [6, 6.07) is 11.7. The van der Waals surface area contributed by atoms with Gasteiger partial charge in [0.05, 0.1) is 5.69 Å². The molecule has 4 rings (SSSR count). The molecule has 30 heavy (non-hydrogen) atoms. The van der Waals surface area contributed by atoms with Crippen LogP contribution < -0.4 is 5.32 Å². The van der Waals surface area contributed by atoms with Crippen molar-refractivity contribution in [3.05, 3.63) is 47.7 Å². The largest absolute Gasteiger partial charge is 0.446 e. The van der Waals surface area contributed by atoms with Crippen LogP contribution in [-0.4, -0.2) is 53.5 Å². The number of H-pyrrole nitrogens is 1. The summed E-state index contributed by atoms with van der Waals surface area (Å²) >= 11 is 0. The molecule has 1 aliphatic carbocycles. The van der Waals surface area contributed by atoms with Crippen molar-refractivity contribution in [2.24, 2.45) is 5.92 Å². The van der Waals surface area contributed by atoms with Crippen molar-refractivity contribution in [2.75, 3.05) is 25.6 Å². The average Bonchev–Trinajstić information content (AvgIpc) is 3.19. The summed E-state index contributed by atoms with van der Waals surface area (Å²) in [5.74, 6) is 0.845. The number of aromatic nitrogens is 2. The first-order valence-electron chi connectivity index (χ1n) is 10.5. The van der Waals surface area contributed by atoms with Crippen LogP contribution in [0.4, 0.5) is 10.6 Å². The second kappa shape index (κ2) is 9.30. The highest BCUT2D eigenvalue weighted by atomic mass is 16.6. The molecule has 8 nitrogen and oxygen atoms in total. The maximum absolute atomic E-state index is 12.3. The molecule has 2 amide bonds. The highest BCUT2D eigenvalue weighted by Gasteiger charge is 2.35. The molecule has 160 valence electrons. The minimum absolute atomic E-state index is 0.00845. The summed E-state index contributed by atoms with van der Waals surface area (Å²) in [7, 11) is 1.74. The van der Waals surface area contributed by atoms with Crippen molar-refractivity contribution in [3.8, 4) is 0 Å². The number of ether oxygens (including phenoxy) is 2. The van der Waals surface area contributed by atoms with Crippen molar-refractivity contribution < 1.29 is 19.1 Å². The van der Waals surface area contributed by atoms with E-state index in [1.807, 2.05) is 36.4 Å². The van der Waals surface area contributed by atoms with Gasteiger partial charge in [0.15, 0.2) is 0 Å². The quantitative estimate of drug-likeness (QED) is 0.759. The van der Waals surface area contributed by atoms with Crippen LogP contribution >= 0.6 is 0 Å². The first-order valence-corrected chi connectivity index (χ1v) is 10.5. The molecule has 0 atom stereocenters. The van der Waals surface area contributed by atoms with Gasteiger partial charge >= 0.3 is 6.09 Å². The van der Waals surface area contributed by atoms with Gasteiger partial charge in [-0.2, -0.15) is 5.10 Å². The number of nitrogens with zero attached hydrogens (tertiary/aromatic N) is 2. The Labute approximate surface area is 175 Å². The van der Waals surface area contributed by atoms with Gasteiger partial charge in [-0.15, -0.1) is 0 Å². The van der Waals surface area contributed by atoms with Gasteiger partial charge in [-0.3, -0.25) is 9.89 Å². The molecular weight excluding hydrogens is 384 g/mol. The predicted molar refractivity (Wildman–Crippen MR) is 111 cm³/mol. The van der Waals surface area contributed by atoms with Gasteiger partial charge < -0.3 is 19.7 Å². The minimum Gasteiger partial charge on any atom is -0.446 e. The number of carbonyl (C=O) groups is 2. The molecule has 1 aromatic heterocycles. The molecule has 2 aromatic rings. The Bertz CT molecular complexity index is 857. The van der Waals surface area contributed by atoms with Gasteiger partial charge in [-0.05, 0) is 31.2 Å². The van der Waals surface area contributed by atoms with E-state index in [0.29, 0.717) is 25.6 Å². The lowest BCUT2D eigenvalue weighted by Gasteiger charge is -2.34. The lowest BCUT2D eigenvalue weighted by atomic mass is 9.80. The number of benzene rings is 1. The fourth-order valence-electron chi connectivity index (χ4n) is 3.86. The number of carbonyl (C=O) groups excluding carboxylic acids is 2. The Kier molecular flexibility index (Phi) is 6.32. The number of nitrogens with one attached hydrogen (secondary N) is 2. The Morgan fingerprint density at radius 3 is 2.70 bits per heavy atom. The monoisotopic (exact) mass is 412 g/mol. The third-order valence-electron chi connectivity index (χ3n) is 5.80. The van der Waals surface area contributed by atoms with Crippen LogP contribution in [-0.2, 0) is 20.8 Å². The summed E-state index contributed by atoms with van der Waals surface area (Å²) in [5.41, 5.74) is 1.96. The second-order valence-electron chi connectivity index (χ2n) is 8.10. The average molecular weight is 412 g/mol. The zero-order valence-corrected chi connectivity index (χ0v) is 17.2. The summed E-state index contributed by atoms with van der Waals surface area (Å²) in [5, 5.41) is 10.1. The first-order chi connectivity index (χ1) is 14.6. The molecule has 2 heterocycles. The second-order valence-corrected chi connectivity index (χ2v) is 8.10. The number of amides is 2. The molecule has 8 heteroatoms. The van der Waals surface area contributed by atoms with Crippen LogP contribution in [0.25, 0.3) is 0 Å². The van der Waals surface area contributed by atoms with Gasteiger partial charge in [0.1, 0.15) is 11.9 Å². The van der Waals surface area contributed by atoms with Crippen LogP contribution in [0.2, 0.25) is 0 Å². The zero-order valence-electron chi connectivity index (χ0n) is 17.2. The molecule has 1 saturated heterocycles. The van der Waals surface area contributed by atoms with Gasteiger partial charge in [-0.25, -0.2) is 4.79 Å². The number of anilines is 1. The molecule has 0 bridgehead atoms. The van der Waals surface area contributed by atoms with Crippen molar-refractivity contribution >= 4 is 17.8 Å². The van der Waals surface area contributed by atoms with E-state index >= 15 is 0 Å². The van der Waals surface area contributed by atoms with E-state index in [0.717, 1.165) is 36.9 Å². The van der Waals surface area contributed by atoms with E-state index in [4.69, 9.17) is 9.47 Å². The lowest BCUT2D eigenvalue weighted by Crippen LogP contribution is -2.37. The Morgan fingerprint density at radius 2 is 1.97 bits per heavy atom. The summed E-state index contributed by atoms with van der Waals surface area (Å²) in [4.78, 5) is 26.2. The van der Waals surface area contributed by atoms with Gasteiger partial charge in [0.2, 0.25) is 5.91 Å². The van der Waals surface area contributed by atoms with E-state index in [-0.39, 0.29) is 29.9 Å². The number of hydrogen-bond acceptors (Lipinski definition) is 5. The standard InChI is InChI=1S/C22H28N4O4/c1-26(14-15-5-3-2-4-6-15)22(28)30-18-11-17(12-18)19-13-20(25-24-19)23-21(27)16-7-9-29-10-8-16/h2-6,13,16-18H,7-12,14H2,1H3,(H2,23,24,25,27)/t17-,18+. The van der Waals surface area contributed by atoms with E-state index in [2.05, 4.69) is 15.5 Å². The molecular formula is C22H28N4O4. The SMILES string of the molecule is CN(Cc1ccccc1)C(=O)O[C@H]1C[C@@H](c2cc(NC(=O)C3CCOCC3)[nH]n2)C1. The smallest absolute Gasteiger partial charge is 0.410 e. The Morgan fingerprint density at radius 1 is 1.23 bits per heavy atom. The highest BCUT2D eigenvalue weighted by Crippen LogP contribution is 2.38. The third kappa shape index (κ3) is 4.99. The first kappa shape index (κ1) is 20.4. The summed E-state index contributed by atoms with van der Waals surface area (Å²) < 4.78 is 10.9. The molecule has 0 spiro atoms. The van der Waals surface area contributed by atoms with Crippen LogP contribution in [0.3, 0.4) is 0 Å². The van der Waals surface area contributed by atoms with Crippen LogP contribution in [0.15, 0.2) is 36.4 Å². The predicted octanol–water partition coefficient (Wildman–Crippen LogP) is 3.29. The summed E-state index contributed by atoms with van der Waals surface area (Å²) in [6.45, 7) is 1.79. The maximum Gasteiger partial charge on any atom is 0.410 e. The Hall–Kier alpha value is -2.87. The zero-order chi connectivity index (χ0) is 20.9. The molecule has 1 aromatic carbocycles. The molecule has 2 N–H and O–H groups in total. The molecule has 2 aliphatic rings. The maximum atomic E-state index is 12.3. The van der Waals surface area contributed by atoms with E-state index in [1.54, 1.807) is 11.9 Å². The van der Waals surface area contributed by atoms with Crippen LogP contribution in [0.1, 0.15) is 42.9 Å². The molecule has 2 fully saturated rings. The van der Waals surface area contributed by atoms with Crippen molar-refractivity contribution in [2.45, 2.75) is 44.2 Å². The fraction of sp³-hybridized carbons (Fsp3) is 0.500. The van der Waals surface area contributed by atoms with Gasteiger partial charge in [-0.1, -0.05) is 30.3 Å². The van der Waals surface area contributed by atoms with Crippen molar-refractivity contribution in [3.63, 3.8) is 0 Å². The molecule has 1 aliphatic heterocycles. The van der Waals surface area contributed by atoms with E-state index in [1.165, 1.54) is 0 Å². The molecule has 0 radical (unpaired) electrons. The van der Waals surface area contributed by atoms with Crippen molar-refractivity contribution in [1.82, 2.24) is 15.1 Å².